The van der Waals surface area contributed by atoms with Gasteiger partial charge in [0.2, 0.25) is 0 Å². The van der Waals surface area contributed by atoms with Crippen LogP contribution in [0.1, 0.15) is 23.3 Å². The molecule has 1 aliphatic rings. The van der Waals surface area contributed by atoms with E-state index < -0.39 is 5.91 Å². The topological polar surface area (TPSA) is 84.1 Å². The van der Waals surface area contributed by atoms with Crippen molar-refractivity contribution in [1.82, 2.24) is 15.1 Å². The highest BCUT2D eigenvalue weighted by Crippen LogP contribution is 2.15. The van der Waals surface area contributed by atoms with Crippen molar-refractivity contribution in [2.75, 3.05) is 25.5 Å². The number of anilines is 1. The molecule has 1 saturated heterocycles. The fraction of sp³-hybridized carbons (Fsp3) is 0.545. The lowest BCUT2D eigenvalue weighted by atomic mass is 10.2. The number of hydrogen-bond donors (Lipinski definition) is 2. The molecule has 6 nitrogen and oxygen atoms in total. The Kier molecular flexibility index (Phi) is 3.53. The van der Waals surface area contributed by atoms with Gasteiger partial charge in [-0.3, -0.25) is 4.79 Å². The number of likely N-dealkylation sites (N-methyl/N-ethyl adjacent to an activating group) is 1. The molecule has 0 aliphatic carbocycles. The van der Waals surface area contributed by atoms with Crippen molar-refractivity contribution in [3.63, 3.8) is 0 Å². The molecule has 2 rings (SSSR count). The number of likely N-dealkylation sites (tertiary alicyclic amines) is 1. The predicted molar refractivity (Wildman–Crippen MR) is 64.7 cm³/mol. The number of nitrogens with zero attached hydrogens (tertiary/aromatic N) is 3. The van der Waals surface area contributed by atoms with Crippen LogP contribution in [0.2, 0.25) is 0 Å². The monoisotopic (exact) mass is 235 g/mol. The van der Waals surface area contributed by atoms with Gasteiger partial charge in [0.05, 0.1) is 0 Å². The summed E-state index contributed by atoms with van der Waals surface area (Å²) < 4.78 is 0. The zero-order chi connectivity index (χ0) is 12.3. The number of amides is 1. The van der Waals surface area contributed by atoms with Gasteiger partial charge in [-0.05, 0) is 38.6 Å². The van der Waals surface area contributed by atoms with E-state index in [1.165, 1.54) is 12.8 Å². The third-order valence-corrected chi connectivity index (χ3v) is 3.11. The van der Waals surface area contributed by atoms with Crippen molar-refractivity contribution in [2.45, 2.75) is 18.9 Å². The lowest BCUT2D eigenvalue weighted by Crippen LogP contribution is -2.31. The van der Waals surface area contributed by atoms with Gasteiger partial charge >= 0.3 is 0 Å². The molecule has 1 aromatic rings. The van der Waals surface area contributed by atoms with Crippen LogP contribution in [-0.2, 0) is 0 Å². The van der Waals surface area contributed by atoms with Gasteiger partial charge < -0.3 is 16.0 Å². The molecule has 1 amide bonds. The molecule has 0 bridgehead atoms. The van der Waals surface area contributed by atoms with E-state index in [9.17, 15) is 4.79 Å². The molecule has 1 atom stereocenters. The third-order valence-electron chi connectivity index (χ3n) is 3.11. The van der Waals surface area contributed by atoms with E-state index in [0.717, 1.165) is 13.1 Å². The molecule has 0 aromatic carbocycles. The highest BCUT2D eigenvalue weighted by molar-refractivity contribution is 5.90. The van der Waals surface area contributed by atoms with Gasteiger partial charge in [0.1, 0.15) is 5.82 Å². The summed E-state index contributed by atoms with van der Waals surface area (Å²) in [5, 5.41) is 10.9. The van der Waals surface area contributed by atoms with Crippen LogP contribution in [0.4, 0.5) is 5.82 Å². The van der Waals surface area contributed by atoms with Crippen LogP contribution in [0.25, 0.3) is 0 Å². The number of nitrogens with one attached hydrogen (secondary N) is 1. The van der Waals surface area contributed by atoms with Crippen LogP contribution in [0.5, 0.6) is 0 Å². The maximum Gasteiger partial charge on any atom is 0.269 e. The van der Waals surface area contributed by atoms with E-state index >= 15 is 0 Å². The van der Waals surface area contributed by atoms with Gasteiger partial charge in [0.15, 0.2) is 5.69 Å². The van der Waals surface area contributed by atoms with Crippen molar-refractivity contribution in [1.29, 1.82) is 0 Å². The standard InChI is InChI=1S/C11H17N5O/c1-16-6-2-3-8(16)7-13-10-5-4-9(11(12)17)14-15-10/h4-5,8H,2-3,6-7H2,1H3,(H2,12,17)(H,13,15). The average Bonchev–Trinajstić information content (AvgIpc) is 2.73. The number of carbonyl (C=O) groups is 1. The highest BCUT2D eigenvalue weighted by Gasteiger charge is 2.20. The fourth-order valence-electron chi connectivity index (χ4n) is 2.02. The Balaban J connectivity index is 1.88. The summed E-state index contributed by atoms with van der Waals surface area (Å²) in [6.07, 6.45) is 2.45. The first-order valence-electron chi connectivity index (χ1n) is 5.74. The summed E-state index contributed by atoms with van der Waals surface area (Å²) in [5.74, 6) is 0.120. The third kappa shape index (κ3) is 2.91. The van der Waals surface area contributed by atoms with Crippen molar-refractivity contribution in [2.24, 2.45) is 5.73 Å². The molecule has 1 aromatic heterocycles. The number of aromatic nitrogens is 2. The minimum atomic E-state index is -0.556. The van der Waals surface area contributed by atoms with Crippen LogP contribution in [0, 0.1) is 0 Å². The van der Waals surface area contributed by atoms with Crippen molar-refractivity contribution in [3.8, 4) is 0 Å². The second-order valence-corrected chi connectivity index (χ2v) is 4.33. The van der Waals surface area contributed by atoms with Gasteiger partial charge in [-0.1, -0.05) is 0 Å². The Morgan fingerprint density at radius 1 is 1.59 bits per heavy atom. The summed E-state index contributed by atoms with van der Waals surface area (Å²) in [4.78, 5) is 13.1. The van der Waals surface area contributed by atoms with E-state index in [1.807, 2.05) is 0 Å². The second kappa shape index (κ2) is 5.09. The van der Waals surface area contributed by atoms with Crippen LogP contribution in [0.15, 0.2) is 12.1 Å². The maximum atomic E-state index is 10.8. The first kappa shape index (κ1) is 11.8. The van der Waals surface area contributed by atoms with Crippen molar-refractivity contribution < 1.29 is 4.79 Å². The average molecular weight is 235 g/mol. The first-order chi connectivity index (χ1) is 8.16. The lowest BCUT2D eigenvalue weighted by Gasteiger charge is -2.19. The van der Waals surface area contributed by atoms with Gasteiger partial charge in [-0.15, -0.1) is 10.2 Å². The summed E-state index contributed by atoms with van der Waals surface area (Å²) in [6.45, 7) is 2.00. The Morgan fingerprint density at radius 2 is 2.41 bits per heavy atom. The van der Waals surface area contributed by atoms with Gasteiger partial charge in [0, 0.05) is 12.6 Å². The summed E-state index contributed by atoms with van der Waals surface area (Å²) in [5.41, 5.74) is 5.28. The Bertz CT molecular complexity index is 391. The molecule has 1 unspecified atom stereocenters. The van der Waals surface area contributed by atoms with Gasteiger partial charge in [-0.25, -0.2) is 0 Å². The minimum Gasteiger partial charge on any atom is -0.367 e. The smallest absolute Gasteiger partial charge is 0.269 e. The van der Waals surface area contributed by atoms with E-state index in [1.54, 1.807) is 12.1 Å². The Morgan fingerprint density at radius 3 is 2.94 bits per heavy atom. The molecular formula is C11H17N5O. The zero-order valence-corrected chi connectivity index (χ0v) is 9.89. The lowest BCUT2D eigenvalue weighted by molar-refractivity contribution is 0.0994. The van der Waals surface area contributed by atoms with Crippen molar-refractivity contribution in [3.05, 3.63) is 17.8 Å². The summed E-state index contributed by atoms with van der Waals surface area (Å²) in [7, 11) is 2.13. The number of hydrogen-bond acceptors (Lipinski definition) is 5. The SMILES string of the molecule is CN1CCCC1CNc1ccc(C(N)=O)nn1. The van der Waals surface area contributed by atoms with Crippen LogP contribution >= 0.6 is 0 Å². The largest absolute Gasteiger partial charge is 0.367 e. The van der Waals surface area contributed by atoms with E-state index in [-0.39, 0.29) is 5.69 Å². The maximum absolute atomic E-state index is 10.8. The van der Waals surface area contributed by atoms with Crippen LogP contribution in [-0.4, -0.2) is 47.2 Å². The molecule has 3 N–H and O–H groups in total. The van der Waals surface area contributed by atoms with Crippen LogP contribution < -0.4 is 11.1 Å². The molecule has 1 aliphatic heterocycles. The molecule has 17 heavy (non-hydrogen) atoms. The molecule has 2 heterocycles. The number of carbonyl (C=O) groups excluding carboxylic acids is 1. The number of primary amides is 1. The molecule has 0 saturated carbocycles. The van der Waals surface area contributed by atoms with Gasteiger partial charge in [0.25, 0.3) is 5.91 Å². The minimum absolute atomic E-state index is 0.188. The van der Waals surface area contributed by atoms with E-state index in [4.69, 9.17) is 5.73 Å². The number of nitrogens with two attached hydrogens (primary N) is 1. The number of rotatable bonds is 4. The summed E-state index contributed by atoms with van der Waals surface area (Å²) >= 11 is 0. The normalized spacial score (nSPS) is 20.4. The molecule has 6 heteroatoms. The molecule has 1 fully saturated rings. The highest BCUT2D eigenvalue weighted by atomic mass is 16.1. The quantitative estimate of drug-likeness (QED) is 0.772. The first-order valence-corrected chi connectivity index (χ1v) is 5.74. The van der Waals surface area contributed by atoms with E-state index in [0.29, 0.717) is 11.9 Å². The van der Waals surface area contributed by atoms with Gasteiger partial charge in [-0.2, -0.15) is 0 Å². The van der Waals surface area contributed by atoms with Crippen LogP contribution in [0.3, 0.4) is 0 Å². The molecular weight excluding hydrogens is 218 g/mol. The predicted octanol–water partition coefficient (Wildman–Crippen LogP) is 0.0816. The van der Waals surface area contributed by atoms with E-state index in [2.05, 4.69) is 27.5 Å². The molecule has 0 radical (unpaired) electrons. The molecule has 92 valence electrons. The Hall–Kier alpha value is -1.69. The Labute approximate surface area is 100 Å². The summed E-state index contributed by atoms with van der Waals surface area (Å²) in [6, 6.07) is 3.85. The van der Waals surface area contributed by atoms with Crippen molar-refractivity contribution >= 4 is 11.7 Å². The second-order valence-electron chi connectivity index (χ2n) is 4.33. The zero-order valence-electron chi connectivity index (χ0n) is 9.89. The fourth-order valence-corrected chi connectivity index (χ4v) is 2.02. The molecule has 0 spiro atoms.